The number of carbonyl (C=O) groups is 1. The van der Waals surface area contributed by atoms with Crippen molar-refractivity contribution in [2.45, 2.75) is 24.5 Å². The Morgan fingerprint density at radius 2 is 1.90 bits per heavy atom. The van der Waals surface area contributed by atoms with Crippen LogP contribution in [0.4, 0.5) is 18.0 Å². The largest absolute Gasteiger partial charge is 0.573 e. The highest BCUT2D eigenvalue weighted by molar-refractivity contribution is 8.04. The minimum atomic E-state index is -4.77. The van der Waals surface area contributed by atoms with E-state index in [9.17, 15) is 27.4 Å². The number of thioether (sulfide) groups is 1. The second-order valence-corrected chi connectivity index (χ2v) is 10.3. The average molecular weight is 464 g/mol. The van der Waals surface area contributed by atoms with E-state index in [1.54, 1.807) is 18.3 Å². The summed E-state index contributed by atoms with van der Waals surface area (Å²) >= 11 is 1.15. The summed E-state index contributed by atoms with van der Waals surface area (Å²) in [4.78, 5) is 27.0. The number of carbonyl (C=O) groups excluding carboxylic acids is 1. The minimum absolute atomic E-state index is 0.0358. The van der Waals surface area contributed by atoms with E-state index in [2.05, 4.69) is 9.72 Å². The van der Waals surface area contributed by atoms with Crippen molar-refractivity contribution < 1.29 is 36.9 Å². The third kappa shape index (κ3) is 9.06. The Kier molecular flexibility index (Phi) is 8.17. The molecule has 12 heteroatoms. The van der Waals surface area contributed by atoms with E-state index in [4.69, 9.17) is 4.74 Å². The van der Waals surface area contributed by atoms with Crippen LogP contribution in [0.5, 0.6) is 5.75 Å². The molecule has 1 amide bonds. The van der Waals surface area contributed by atoms with Crippen molar-refractivity contribution in [2.24, 2.45) is 0 Å². The maximum absolute atomic E-state index is 12.2. The molecule has 0 radical (unpaired) electrons. The number of aromatic nitrogens is 1. The summed E-state index contributed by atoms with van der Waals surface area (Å²) in [6.07, 6.45) is -3.85. The van der Waals surface area contributed by atoms with Crippen molar-refractivity contribution in [3.63, 3.8) is 0 Å². The van der Waals surface area contributed by atoms with Crippen molar-refractivity contribution in [2.75, 3.05) is 19.2 Å². The van der Waals surface area contributed by atoms with Gasteiger partial charge in [0.1, 0.15) is 12.4 Å². The van der Waals surface area contributed by atoms with Gasteiger partial charge in [0.25, 0.3) is 0 Å². The summed E-state index contributed by atoms with van der Waals surface area (Å²) in [7, 11) is -1.64. The molecule has 2 aromatic rings. The zero-order valence-corrected chi connectivity index (χ0v) is 17.8. The Morgan fingerprint density at radius 1 is 1.23 bits per heavy atom. The Labute approximate surface area is 175 Å². The quantitative estimate of drug-likeness (QED) is 0.448. The maximum atomic E-state index is 12.2. The molecule has 0 spiro atoms. The van der Waals surface area contributed by atoms with Crippen LogP contribution in [0, 0.1) is 0 Å². The van der Waals surface area contributed by atoms with Crippen LogP contribution in [-0.2, 0) is 22.5 Å². The molecular formula is C18H20F3N2O5PS. The van der Waals surface area contributed by atoms with E-state index >= 15 is 0 Å². The van der Waals surface area contributed by atoms with Crippen molar-refractivity contribution in [3.05, 3.63) is 53.7 Å². The Morgan fingerprint density at radius 3 is 2.50 bits per heavy atom. The maximum Gasteiger partial charge on any atom is 0.573 e. The molecule has 164 valence electrons. The molecule has 2 rings (SSSR count). The highest BCUT2D eigenvalue weighted by atomic mass is 32.2. The van der Waals surface area contributed by atoms with Gasteiger partial charge in [0.05, 0.1) is 10.5 Å². The predicted molar refractivity (Wildman–Crippen MR) is 105 cm³/mol. The van der Waals surface area contributed by atoms with Crippen LogP contribution < -0.4 is 4.74 Å². The lowest BCUT2D eigenvalue weighted by atomic mass is 10.2. The van der Waals surface area contributed by atoms with Crippen LogP contribution in [0.3, 0.4) is 0 Å². The molecule has 0 saturated heterocycles. The summed E-state index contributed by atoms with van der Waals surface area (Å²) in [6, 6.07) is 8.43. The van der Waals surface area contributed by atoms with E-state index in [1.807, 2.05) is 0 Å². The number of rotatable bonds is 8. The van der Waals surface area contributed by atoms with Crippen LogP contribution >= 0.6 is 19.1 Å². The summed E-state index contributed by atoms with van der Waals surface area (Å²) in [6.45, 7) is 1.37. The Bertz CT molecular complexity index is 905. The van der Waals surface area contributed by atoms with Crippen LogP contribution in [0.25, 0.3) is 0 Å². The van der Waals surface area contributed by atoms with Gasteiger partial charge in [-0.3, -0.25) is 4.57 Å². The molecule has 1 heterocycles. The van der Waals surface area contributed by atoms with Gasteiger partial charge in [0.2, 0.25) is 7.37 Å². The lowest BCUT2D eigenvalue weighted by molar-refractivity contribution is -0.274. The first-order valence-corrected chi connectivity index (χ1v) is 11.8. The van der Waals surface area contributed by atoms with E-state index in [1.165, 1.54) is 30.7 Å². The Hall–Kier alpha value is -2.23. The van der Waals surface area contributed by atoms with Gasteiger partial charge < -0.3 is 19.3 Å². The SMILES string of the molecule is CN(Cc1ccnc(SCP(C)(=O)O)c1)C(=O)OCc1ccc(OC(F)(F)F)cc1. The van der Waals surface area contributed by atoms with Gasteiger partial charge in [-0.15, -0.1) is 13.2 Å². The molecule has 7 nitrogen and oxygen atoms in total. The van der Waals surface area contributed by atoms with Crippen molar-refractivity contribution >= 4 is 25.2 Å². The molecule has 1 aromatic heterocycles. The van der Waals surface area contributed by atoms with Crippen LogP contribution in [-0.4, -0.2) is 46.4 Å². The van der Waals surface area contributed by atoms with Crippen LogP contribution in [0.1, 0.15) is 11.1 Å². The Balaban J connectivity index is 1.85. The van der Waals surface area contributed by atoms with Crippen molar-refractivity contribution in [1.82, 2.24) is 9.88 Å². The second-order valence-electron chi connectivity index (χ2n) is 6.43. The predicted octanol–water partition coefficient (Wildman–Crippen LogP) is 4.70. The summed E-state index contributed by atoms with van der Waals surface area (Å²) in [5.41, 5.74) is 1.29. The lowest BCUT2D eigenvalue weighted by Gasteiger charge is -2.17. The molecule has 0 bridgehead atoms. The number of amides is 1. The molecule has 30 heavy (non-hydrogen) atoms. The number of ether oxygens (including phenoxy) is 2. The number of nitrogens with zero attached hydrogens (tertiary/aromatic N) is 2. The molecule has 0 saturated carbocycles. The summed E-state index contributed by atoms with van der Waals surface area (Å²) in [5, 5.41) is 0.562. The normalized spacial score (nSPS) is 13.4. The smallest absolute Gasteiger partial charge is 0.445 e. The third-order valence-corrected chi connectivity index (χ3v) is 6.45. The number of hydrogen-bond donors (Lipinski definition) is 1. The second kappa shape index (κ2) is 10.2. The van der Waals surface area contributed by atoms with Gasteiger partial charge in [-0.1, -0.05) is 23.9 Å². The van der Waals surface area contributed by atoms with E-state index in [-0.39, 0.29) is 24.4 Å². The van der Waals surface area contributed by atoms with Gasteiger partial charge in [-0.05, 0) is 35.4 Å². The van der Waals surface area contributed by atoms with Crippen molar-refractivity contribution in [1.29, 1.82) is 0 Å². The van der Waals surface area contributed by atoms with E-state index in [0.717, 1.165) is 29.5 Å². The van der Waals surface area contributed by atoms with Gasteiger partial charge in [0.15, 0.2) is 0 Å². The van der Waals surface area contributed by atoms with E-state index in [0.29, 0.717) is 10.6 Å². The topological polar surface area (TPSA) is 89.0 Å². The molecule has 0 aliphatic rings. The van der Waals surface area contributed by atoms with Gasteiger partial charge in [-0.2, -0.15) is 0 Å². The first-order chi connectivity index (χ1) is 13.9. The van der Waals surface area contributed by atoms with E-state index < -0.39 is 19.8 Å². The third-order valence-electron chi connectivity index (χ3n) is 3.50. The number of pyridine rings is 1. The molecule has 0 fully saturated rings. The van der Waals surface area contributed by atoms with Crippen LogP contribution in [0.2, 0.25) is 0 Å². The fourth-order valence-corrected chi connectivity index (χ4v) is 4.05. The minimum Gasteiger partial charge on any atom is -0.445 e. The summed E-state index contributed by atoms with van der Waals surface area (Å²) < 4.78 is 56.8. The highest BCUT2D eigenvalue weighted by Gasteiger charge is 2.30. The number of benzene rings is 1. The molecular weight excluding hydrogens is 444 g/mol. The van der Waals surface area contributed by atoms with Gasteiger partial charge >= 0.3 is 12.5 Å². The molecule has 0 aliphatic carbocycles. The zero-order chi connectivity index (χ0) is 22.4. The fourth-order valence-electron chi connectivity index (χ4n) is 2.19. The molecule has 1 N–H and O–H groups in total. The standard InChI is InChI=1S/C18H20F3N2O5PS/c1-23(10-14-7-8-22-16(9-14)30-12-29(2,25)26)17(24)27-11-13-3-5-15(6-4-13)28-18(19,20)21/h3-9H,10-12H2,1-2H3,(H,25,26). The molecule has 1 atom stereocenters. The number of hydrogen-bond acceptors (Lipinski definition) is 6. The molecule has 0 aliphatic heterocycles. The lowest BCUT2D eigenvalue weighted by Crippen LogP contribution is -2.26. The van der Waals surface area contributed by atoms with Gasteiger partial charge in [-0.25, -0.2) is 9.78 Å². The summed E-state index contributed by atoms with van der Waals surface area (Å²) in [5.74, 6) is -0.360. The first kappa shape index (κ1) is 24.0. The fraction of sp³-hybridized carbons (Fsp3) is 0.333. The monoisotopic (exact) mass is 464 g/mol. The number of alkyl halides is 3. The number of halogens is 3. The van der Waals surface area contributed by atoms with Crippen LogP contribution in [0.15, 0.2) is 47.6 Å². The molecule has 1 unspecified atom stereocenters. The van der Waals surface area contributed by atoms with Gasteiger partial charge in [0, 0.05) is 26.5 Å². The zero-order valence-electron chi connectivity index (χ0n) is 16.1. The molecule has 1 aromatic carbocycles. The average Bonchev–Trinajstić information content (AvgIpc) is 2.64. The van der Waals surface area contributed by atoms with Crippen molar-refractivity contribution in [3.8, 4) is 5.75 Å². The first-order valence-electron chi connectivity index (χ1n) is 8.51. The highest BCUT2D eigenvalue weighted by Crippen LogP contribution is 2.41.